The Hall–Kier alpha value is 2.82. The first-order valence-corrected chi connectivity index (χ1v) is 0. The zero-order valence-electron chi connectivity index (χ0n) is 1.82. The molecule has 0 aromatic rings. The van der Waals surface area contributed by atoms with Gasteiger partial charge < -0.3 is 0 Å². The van der Waals surface area contributed by atoms with E-state index >= 15 is 0 Å². The molecule has 0 fully saturated rings. The molecule has 0 amide bonds. The van der Waals surface area contributed by atoms with Crippen molar-refractivity contribution in [1.29, 1.82) is 0 Å². The molecule has 0 aliphatic heterocycles. The van der Waals surface area contributed by atoms with Crippen molar-refractivity contribution in [2.75, 3.05) is 0 Å². The monoisotopic (exact) mass is 288 g/mol. The normalized spacial score (nSPS) is 0. The van der Waals surface area contributed by atoms with E-state index < -0.39 is 0 Å². The van der Waals surface area contributed by atoms with E-state index in [1.807, 2.05) is 0 Å². The Balaban J connectivity index is 0. The molecule has 0 aliphatic carbocycles. The molecule has 0 saturated carbocycles. The first-order valence-electron chi connectivity index (χ1n) is 0. The molecule has 0 nitrogen and oxygen atoms in total. The standard InChI is InChI=1S/Cr.Mo.Ti.Zr. The van der Waals surface area contributed by atoms with E-state index in [2.05, 4.69) is 0 Å². The molecule has 0 bridgehead atoms. The summed E-state index contributed by atoms with van der Waals surface area (Å²) in [6, 6.07) is 0. The number of hydrogen-bond donors (Lipinski definition) is 0. The molecule has 0 N–H and O–H groups in total. The Morgan fingerprint density at radius 1 is 1.00 bits per heavy atom. The van der Waals surface area contributed by atoms with Gasteiger partial charge in [0.05, 0.1) is 0 Å². The molecule has 0 heterocycles. The summed E-state index contributed by atoms with van der Waals surface area (Å²) in [5, 5.41) is 0. The molecule has 0 atom stereocenters. The molecular formula is CrMoTiZr. The molecule has 0 aromatic heterocycles. The average molecular weight is 287 g/mol. The summed E-state index contributed by atoms with van der Waals surface area (Å²) in [4.78, 5) is 0. The number of rotatable bonds is 0. The van der Waals surface area contributed by atoms with Gasteiger partial charge >= 0.3 is 0 Å². The predicted molar refractivity (Wildman–Crippen MR) is 0 cm³/mol. The zero-order valence-corrected chi connectivity index (χ0v) is 9.12. The van der Waals surface area contributed by atoms with Gasteiger partial charge in [0.2, 0.25) is 0 Å². The second kappa shape index (κ2) is 17.0. The van der Waals surface area contributed by atoms with Crippen LogP contribution in [-0.2, 0) is 86.3 Å². The van der Waals surface area contributed by atoms with Crippen LogP contribution in [0.1, 0.15) is 0 Å². The molecule has 20 valence electrons. The Morgan fingerprint density at radius 3 is 1.00 bits per heavy atom. The summed E-state index contributed by atoms with van der Waals surface area (Å²) in [6.07, 6.45) is 0. The van der Waals surface area contributed by atoms with E-state index in [9.17, 15) is 0 Å². The van der Waals surface area contributed by atoms with Crippen LogP contribution in [0.5, 0.6) is 0 Å². The quantitative estimate of drug-likeness (QED) is 0.550. The van der Waals surface area contributed by atoms with Crippen LogP contribution in [0.15, 0.2) is 0 Å². The molecule has 4 heteroatoms. The summed E-state index contributed by atoms with van der Waals surface area (Å²) < 4.78 is 0. The third-order valence-corrected chi connectivity index (χ3v) is 0. The summed E-state index contributed by atoms with van der Waals surface area (Å²) >= 11 is 0. The number of hydrogen-bond acceptors (Lipinski definition) is 0. The maximum Gasteiger partial charge on any atom is 0 e. The third kappa shape index (κ3) is 8.84. The first-order chi connectivity index (χ1) is 0. The summed E-state index contributed by atoms with van der Waals surface area (Å²) in [6.45, 7) is 0. The van der Waals surface area contributed by atoms with Crippen molar-refractivity contribution in [3.05, 3.63) is 0 Å². The van der Waals surface area contributed by atoms with Crippen molar-refractivity contribution in [3.63, 3.8) is 0 Å². The van der Waals surface area contributed by atoms with Crippen molar-refractivity contribution in [1.82, 2.24) is 0 Å². The SMILES string of the molecule is [Cr].[Mo].[Ti].[Zr]. The van der Waals surface area contributed by atoms with E-state index in [0.717, 1.165) is 0 Å². The predicted octanol–water partition coefficient (Wildman–Crippen LogP) is -0.0100. The maximum absolute atomic E-state index is 0. The fraction of sp³-hybridized carbons (Fsp3) is 0. The maximum atomic E-state index is 0. The molecule has 0 aliphatic rings. The van der Waals surface area contributed by atoms with Gasteiger partial charge in [-0.1, -0.05) is 0 Å². The van der Waals surface area contributed by atoms with Crippen LogP contribution < -0.4 is 0 Å². The Kier molecular flexibility index (Phi) is 124. The summed E-state index contributed by atoms with van der Waals surface area (Å²) in [7, 11) is 0. The summed E-state index contributed by atoms with van der Waals surface area (Å²) in [5.74, 6) is 0. The van der Waals surface area contributed by atoms with Crippen LogP contribution in [-0.4, -0.2) is 0 Å². The minimum absolute atomic E-state index is 0. The second-order valence-electron chi connectivity index (χ2n) is 0. The van der Waals surface area contributed by atoms with E-state index in [1.165, 1.54) is 0 Å². The fourth-order valence-electron chi connectivity index (χ4n) is 0. The third-order valence-electron chi connectivity index (χ3n) is 0. The van der Waals surface area contributed by atoms with Gasteiger partial charge in [-0.3, -0.25) is 0 Å². The molecule has 0 radical (unpaired) electrons. The minimum Gasteiger partial charge on any atom is 0 e. The van der Waals surface area contributed by atoms with Crippen LogP contribution in [0.25, 0.3) is 0 Å². The van der Waals surface area contributed by atoms with E-state index in [-0.39, 0.29) is 86.3 Å². The molecular weight excluding hydrogens is 287 g/mol. The van der Waals surface area contributed by atoms with Crippen molar-refractivity contribution in [2.24, 2.45) is 0 Å². The van der Waals surface area contributed by atoms with Gasteiger partial charge in [0.25, 0.3) is 0 Å². The fourth-order valence-corrected chi connectivity index (χ4v) is 0. The Labute approximate surface area is 84.9 Å². The van der Waals surface area contributed by atoms with Crippen LogP contribution in [0.3, 0.4) is 0 Å². The van der Waals surface area contributed by atoms with Gasteiger partial charge in [0, 0.05) is 86.3 Å². The van der Waals surface area contributed by atoms with Gasteiger partial charge in [0.1, 0.15) is 0 Å². The van der Waals surface area contributed by atoms with Gasteiger partial charge in [-0.15, -0.1) is 0 Å². The average Bonchev–Trinajstić information content (AvgIpc) is 0. The van der Waals surface area contributed by atoms with Crippen LogP contribution in [0, 0.1) is 0 Å². The Morgan fingerprint density at radius 2 is 1.00 bits per heavy atom. The van der Waals surface area contributed by atoms with Crippen molar-refractivity contribution < 1.29 is 86.3 Å². The van der Waals surface area contributed by atoms with Crippen molar-refractivity contribution in [2.45, 2.75) is 0 Å². The minimum atomic E-state index is 0. The molecule has 0 unspecified atom stereocenters. The largest absolute Gasteiger partial charge is 0 e. The van der Waals surface area contributed by atoms with Crippen molar-refractivity contribution >= 4 is 0 Å². The topological polar surface area (TPSA) is 0 Å². The smallest absolute Gasteiger partial charge is 0 e. The summed E-state index contributed by atoms with van der Waals surface area (Å²) in [5.41, 5.74) is 0. The molecule has 0 saturated heterocycles. The van der Waals surface area contributed by atoms with Crippen LogP contribution in [0.2, 0.25) is 0 Å². The van der Waals surface area contributed by atoms with Gasteiger partial charge in [0.15, 0.2) is 0 Å². The first kappa shape index (κ1) is 29.1. The second-order valence-corrected chi connectivity index (χ2v) is 0. The van der Waals surface area contributed by atoms with Gasteiger partial charge in [-0.25, -0.2) is 0 Å². The molecule has 4 heavy (non-hydrogen) atoms. The van der Waals surface area contributed by atoms with E-state index in [1.54, 1.807) is 0 Å². The van der Waals surface area contributed by atoms with Crippen molar-refractivity contribution in [3.8, 4) is 0 Å². The van der Waals surface area contributed by atoms with Gasteiger partial charge in [-0.05, 0) is 0 Å². The zero-order chi connectivity index (χ0) is 0. The molecule has 0 rings (SSSR count). The Bertz CT molecular complexity index is 8.00. The van der Waals surface area contributed by atoms with Crippen LogP contribution >= 0.6 is 0 Å². The van der Waals surface area contributed by atoms with Crippen LogP contribution in [0.4, 0.5) is 0 Å². The van der Waals surface area contributed by atoms with Gasteiger partial charge in [-0.2, -0.15) is 0 Å². The van der Waals surface area contributed by atoms with E-state index in [0.29, 0.717) is 0 Å². The van der Waals surface area contributed by atoms with E-state index in [4.69, 9.17) is 0 Å². The molecule has 0 spiro atoms. The molecule has 0 aromatic carbocycles.